The maximum absolute atomic E-state index is 14.5. The summed E-state index contributed by atoms with van der Waals surface area (Å²) in [7, 11) is 0. The SMILES string of the molecule is Fc1ccc(-c2ccc(C(F)(F)c3ccc(C(F)(F)F)cc3)cn2)c(F)c1. The van der Waals surface area contributed by atoms with E-state index in [4.69, 9.17) is 0 Å². The summed E-state index contributed by atoms with van der Waals surface area (Å²) < 4.78 is 93.4. The Morgan fingerprint density at radius 2 is 1.26 bits per heavy atom. The van der Waals surface area contributed by atoms with Crippen molar-refractivity contribution in [3.05, 3.63) is 89.1 Å². The quantitative estimate of drug-likeness (QED) is 0.490. The van der Waals surface area contributed by atoms with Gasteiger partial charge in [0.05, 0.1) is 11.3 Å². The van der Waals surface area contributed by atoms with Gasteiger partial charge in [0.2, 0.25) is 0 Å². The van der Waals surface area contributed by atoms with Crippen molar-refractivity contribution in [2.75, 3.05) is 0 Å². The van der Waals surface area contributed by atoms with E-state index in [0.717, 1.165) is 30.5 Å². The smallest absolute Gasteiger partial charge is 0.256 e. The highest BCUT2D eigenvalue weighted by Crippen LogP contribution is 2.37. The van der Waals surface area contributed by atoms with Crippen LogP contribution >= 0.6 is 0 Å². The van der Waals surface area contributed by atoms with E-state index in [1.165, 1.54) is 0 Å². The molecule has 0 unspecified atom stereocenters. The van der Waals surface area contributed by atoms with Crippen molar-refractivity contribution in [2.45, 2.75) is 12.1 Å². The summed E-state index contributed by atoms with van der Waals surface area (Å²) in [5.41, 5.74) is -2.31. The van der Waals surface area contributed by atoms with Crippen LogP contribution < -0.4 is 0 Å². The highest BCUT2D eigenvalue weighted by Gasteiger charge is 2.36. The summed E-state index contributed by atoms with van der Waals surface area (Å²) in [5.74, 6) is -5.29. The lowest BCUT2D eigenvalue weighted by Gasteiger charge is -2.18. The Kier molecular flexibility index (Phi) is 4.67. The molecule has 27 heavy (non-hydrogen) atoms. The second-order valence-electron chi connectivity index (χ2n) is 5.71. The van der Waals surface area contributed by atoms with Gasteiger partial charge in [0.25, 0.3) is 5.92 Å². The minimum Gasteiger partial charge on any atom is -0.256 e. The molecular weight excluding hydrogens is 375 g/mol. The molecule has 0 aliphatic rings. The zero-order valence-corrected chi connectivity index (χ0v) is 13.4. The Balaban J connectivity index is 1.91. The van der Waals surface area contributed by atoms with E-state index in [-0.39, 0.29) is 11.3 Å². The van der Waals surface area contributed by atoms with Gasteiger partial charge >= 0.3 is 6.18 Å². The topological polar surface area (TPSA) is 12.9 Å². The summed E-state index contributed by atoms with van der Waals surface area (Å²) >= 11 is 0. The Morgan fingerprint density at radius 1 is 0.667 bits per heavy atom. The summed E-state index contributed by atoms with van der Waals surface area (Å²) in [5, 5.41) is 0. The number of halogens is 7. The van der Waals surface area contributed by atoms with Gasteiger partial charge in [0.15, 0.2) is 0 Å². The van der Waals surface area contributed by atoms with Crippen molar-refractivity contribution in [2.24, 2.45) is 0 Å². The summed E-state index contributed by atoms with van der Waals surface area (Å²) in [6, 6.07) is 7.41. The maximum atomic E-state index is 14.5. The van der Waals surface area contributed by atoms with E-state index < -0.39 is 40.4 Å². The first kappa shape index (κ1) is 18.9. The van der Waals surface area contributed by atoms with E-state index in [1.54, 1.807) is 0 Å². The third-order valence-electron chi connectivity index (χ3n) is 3.91. The van der Waals surface area contributed by atoms with Crippen molar-refractivity contribution in [1.82, 2.24) is 4.98 Å². The number of alkyl halides is 5. The lowest BCUT2D eigenvalue weighted by molar-refractivity contribution is -0.137. The minimum atomic E-state index is -4.63. The molecular formula is C19H10F7N. The van der Waals surface area contributed by atoms with Crippen LogP contribution in [0, 0.1) is 11.6 Å². The van der Waals surface area contributed by atoms with Crippen molar-refractivity contribution < 1.29 is 30.7 Å². The molecule has 140 valence electrons. The van der Waals surface area contributed by atoms with Crippen molar-refractivity contribution in [3.63, 3.8) is 0 Å². The second kappa shape index (κ2) is 6.68. The predicted molar refractivity (Wildman–Crippen MR) is 84.0 cm³/mol. The van der Waals surface area contributed by atoms with Gasteiger partial charge in [-0.3, -0.25) is 4.98 Å². The fraction of sp³-hybridized carbons (Fsp3) is 0.105. The number of hydrogen-bond acceptors (Lipinski definition) is 1. The van der Waals surface area contributed by atoms with Crippen molar-refractivity contribution >= 4 is 0 Å². The van der Waals surface area contributed by atoms with Crippen LogP contribution in [0.3, 0.4) is 0 Å². The third-order valence-corrected chi connectivity index (χ3v) is 3.91. The van der Waals surface area contributed by atoms with E-state index in [0.29, 0.717) is 30.3 Å². The molecule has 0 N–H and O–H groups in total. The predicted octanol–water partition coefficient (Wildman–Crippen LogP) is 6.19. The van der Waals surface area contributed by atoms with E-state index in [1.807, 2.05) is 0 Å². The lowest BCUT2D eigenvalue weighted by Crippen LogP contribution is -2.16. The molecule has 0 radical (unpaired) electrons. The average Bonchev–Trinajstić information content (AvgIpc) is 2.61. The summed E-state index contributed by atoms with van der Waals surface area (Å²) in [6.07, 6.45) is -3.83. The highest BCUT2D eigenvalue weighted by atomic mass is 19.4. The largest absolute Gasteiger partial charge is 0.416 e. The van der Waals surface area contributed by atoms with E-state index in [2.05, 4.69) is 4.98 Å². The van der Waals surface area contributed by atoms with Crippen LogP contribution in [0.2, 0.25) is 0 Å². The van der Waals surface area contributed by atoms with Crippen LogP contribution in [0.4, 0.5) is 30.7 Å². The normalized spacial score (nSPS) is 12.3. The number of nitrogens with zero attached hydrogens (tertiary/aromatic N) is 1. The molecule has 1 nitrogen and oxygen atoms in total. The molecule has 0 aliphatic heterocycles. The molecule has 8 heteroatoms. The van der Waals surface area contributed by atoms with Gasteiger partial charge in [0, 0.05) is 29.0 Å². The average molecular weight is 385 g/mol. The van der Waals surface area contributed by atoms with Gasteiger partial charge in [-0.05, 0) is 36.4 Å². The fourth-order valence-electron chi connectivity index (χ4n) is 2.47. The first-order valence-electron chi connectivity index (χ1n) is 7.56. The Labute approximate surface area is 149 Å². The number of rotatable bonds is 3. The molecule has 0 amide bonds. The van der Waals surface area contributed by atoms with Crippen LogP contribution in [-0.2, 0) is 12.1 Å². The molecule has 0 bridgehead atoms. The number of hydrogen-bond donors (Lipinski definition) is 0. The monoisotopic (exact) mass is 385 g/mol. The van der Waals surface area contributed by atoms with Crippen molar-refractivity contribution in [3.8, 4) is 11.3 Å². The standard InChI is InChI=1S/C19H10F7N/c20-14-6-7-15(16(21)9-14)17-8-5-13(10-27-17)18(22,23)11-1-3-12(4-2-11)19(24,25)26/h1-10H. The van der Waals surface area contributed by atoms with Crippen LogP contribution in [0.5, 0.6) is 0 Å². The van der Waals surface area contributed by atoms with Crippen LogP contribution in [0.1, 0.15) is 16.7 Å². The molecule has 0 aliphatic carbocycles. The van der Waals surface area contributed by atoms with Gasteiger partial charge in [-0.1, -0.05) is 12.1 Å². The molecule has 1 aromatic heterocycles. The highest BCUT2D eigenvalue weighted by molar-refractivity contribution is 5.60. The minimum absolute atomic E-state index is 0.0134. The zero-order chi connectivity index (χ0) is 19.8. The molecule has 0 saturated heterocycles. The first-order chi connectivity index (χ1) is 12.6. The number of pyridine rings is 1. The van der Waals surface area contributed by atoms with Gasteiger partial charge in [-0.15, -0.1) is 0 Å². The fourth-order valence-corrected chi connectivity index (χ4v) is 2.47. The first-order valence-corrected chi connectivity index (χ1v) is 7.56. The zero-order valence-electron chi connectivity index (χ0n) is 13.4. The Hall–Kier alpha value is -2.90. The van der Waals surface area contributed by atoms with Gasteiger partial charge in [-0.2, -0.15) is 22.0 Å². The maximum Gasteiger partial charge on any atom is 0.416 e. The Morgan fingerprint density at radius 3 is 1.78 bits per heavy atom. The molecule has 1 heterocycles. The number of aromatic nitrogens is 1. The van der Waals surface area contributed by atoms with Gasteiger partial charge < -0.3 is 0 Å². The summed E-state index contributed by atoms with van der Waals surface area (Å²) in [6.45, 7) is 0. The lowest BCUT2D eigenvalue weighted by atomic mass is 9.99. The van der Waals surface area contributed by atoms with E-state index >= 15 is 0 Å². The van der Waals surface area contributed by atoms with Gasteiger partial charge in [-0.25, -0.2) is 8.78 Å². The van der Waals surface area contributed by atoms with Crippen LogP contribution in [-0.4, -0.2) is 4.98 Å². The second-order valence-corrected chi connectivity index (χ2v) is 5.71. The Bertz CT molecular complexity index is 945. The van der Waals surface area contributed by atoms with Gasteiger partial charge in [0.1, 0.15) is 11.6 Å². The molecule has 2 aromatic carbocycles. The molecule has 0 saturated carbocycles. The molecule has 0 spiro atoms. The van der Waals surface area contributed by atoms with E-state index in [9.17, 15) is 30.7 Å². The molecule has 3 aromatic rings. The molecule has 0 atom stereocenters. The molecule has 0 fully saturated rings. The van der Waals surface area contributed by atoms with Crippen LogP contribution in [0.25, 0.3) is 11.3 Å². The summed E-state index contributed by atoms with van der Waals surface area (Å²) in [4.78, 5) is 3.77. The van der Waals surface area contributed by atoms with Crippen LogP contribution in [0.15, 0.2) is 60.8 Å². The third kappa shape index (κ3) is 3.79. The molecule has 3 rings (SSSR count). The van der Waals surface area contributed by atoms with Crippen molar-refractivity contribution in [1.29, 1.82) is 0 Å². The number of benzene rings is 2.